The lowest BCUT2D eigenvalue weighted by atomic mass is 9.87. The van der Waals surface area contributed by atoms with Crippen LogP contribution in [-0.2, 0) is 9.59 Å². The Morgan fingerprint density at radius 1 is 1.53 bits per heavy atom. The molecule has 0 radical (unpaired) electrons. The smallest absolute Gasteiger partial charge is 0.308 e. The number of aliphatic carboxylic acids is 1. The molecule has 2 unspecified atom stereocenters. The van der Waals surface area contributed by atoms with Crippen molar-refractivity contribution in [1.82, 2.24) is 10.2 Å². The van der Waals surface area contributed by atoms with E-state index in [1.807, 2.05) is 13.8 Å². The van der Waals surface area contributed by atoms with Crippen LogP contribution in [0.1, 0.15) is 27.2 Å². The topological polar surface area (TPSA) is 69.6 Å². The Morgan fingerprint density at radius 2 is 2.18 bits per heavy atom. The number of carboxylic acid groups (broad SMARTS) is 1. The van der Waals surface area contributed by atoms with Gasteiger partial charge in [-0.05, 0) is 26.8 Å². The van der Waals surface area contributed by atoms with Gasteiger partial charge in [-0.3, -0.25) is 9.59 Å². The van der Waals surface area contributed by atoms with Gasteiger partial charge >= 0.3 is 5.97 Å². The Labute approximate surface area is 102 Å². The number of carbonyl (C=O) groups is 2. The van der Waals surface area contributed by atoms with E-state index in [2.05, 4.69) is 5.32 Å². The molecule has 1 saturated heterocycles. The van der Waals surface area contributed by atoms with Crippen molar-refractivity contribution in [2.75, 3.05) is 26.2 Å². The third kappa shape index (κ3) is 3.19. The number of hydrogen-bond acceptors (Lipinski definition) is 3. The molecule has 0 spiro atoms. The van der Waals surface area contributed by atoms with Crippen LogP contribution in [-0.4, -0.2) is 48.1 Å². The van der Waals surface area contributed by atoms with Crippen molar-refractivity contribution in [1.29, 1.82) is 0 Å². The van der Waals surface area contributed by atoms with Crippen LogP contribution >= 0.6 is 0 Å². The molecule has 2 atom stereocenters. The molecule has 0 bridgehead atoms. The van der Waals surface area contributed by atoms with E-state index in [0.29, 0.717) is 19.6 Å². The Kier molecular flexibility index (Phi) is 4.51. The first-order chi connectivity index (χ1) is 7.90. The van der Waals surface area contributed by atoms with Crippen molar-refractivity contribution < 1.29 is 14.7 Å². The van der Waals surface area contributed by atoms with Gasteiger partial charge in [-0.15, -0.1) is 0 Å². The minimum absolute atomic E-state index is 0.0677. The zero-order valence-electron chi connectivity index (χ0n) is 10.8. The van der Waals surface area contributed by atoms with Crippen molar-refractivity contribution in [3.8, 4) is 0 Å². The van der Waals surface area contributed by atoms with Gasteiger partial charge in [0.1, 0.15) is 0 Å². The summed E-state index contributed by atoms with van der Waals surface area (Å²) in [7, 11) is 0. The zero-order valence-corrected chi connectivity index (χ0v) is 10.8. The van der Waals surface area contributed by atoms with Crippen LogP contribution in [0.2, 0.25) is 0 Å². The minimum Gasteiger partial charge on any atom is -0.481 e. The highest BCUT2D eigenvalue weighted by molar-refractivity contribution is 5.83. The Morgan fingerprint density at radius 3 is 2.59 bits per heavy atom. The number of nitrogens with one attached hydrogen (secondary N) is 1. The van der Waals surface area contributed by atoms with Gasteiger partial charge in [0, 0.05) is 19.6 Å². The van der Waals surface area contributed by atoms with Crippen LogP contribution in [0.25, 0.3) is 0 Å². The fraction of sp³-hybridized carbons (Fsp3) is 0.833. The predicted molar refractivity (Wildman–Crippen MR) is 64.6 cm³/mol. The van der Waals surface area contributed by atoms with Gasteiger partial charge in [0.25, 0.3) is 0 Å². The fourth-order valence-electron chi connectivity index (χ4n) is 2.15. The van der Waals surface area contributed by atoms with Gasteiger partial charge in [-0.1, -0.05) is 6.92 Å². The average Bonchev–Trinajstić information content (AvgIpc) is 2.72. The normalized spacial score (nSPS) is 25.6. The zero-order chi connectivity index (χ0) is 13.1. The fourth-order valence-corrected chi connectivity index (χ4v) is 2.15. The average molecular weight is 242 g/mol. The Balaban J connectivity index is 2.67. The van der Waals surface area contributed by atoms with Crippen LogP contribution in [0.3, 0.4) is 0 Å². The third-order valence-electron chi connectivity index (χ3n) is 3.47. The standard InChI is InChI=1S/C12H22N2O3/c1-4-14(7-9(2)10(15)16)11(17)12(3)5-6-13-8-12/h9,13H,4-8H2,1-3H3,(H,15,16). The summed E-state index contributed by atoms with van der Waals surface area (Å²) in [6.07, 6.45) is 0.823. The van der Waals surface area contributed by atoms with Gasteiger partial charge in [-0.2, -0.15) is 0 Å². The number of carboxylic acids is 1. The van der Waals surface area contributed by atoms with Crippen molar-refractivity contribution in [3.05, 3.63) is 0 Å². The maximum absolute atomic E-state index is 12.3. The maximum Gasteiger partial charge on any atom is 0.308 e. The predicted octanol–water partition coefficient (Wildman–Crippen LogP) is 0.555. The quantitative estimate of drug-likeness (QED) is 0.739. The van der Waals surface area contributed by atoms with Crippen LogP contribution < -0.4 is 5.32 Å². The van der Waals surface area contributed by atoms with Crippen LogP contribution in [0.5, 0.6) is 0 Å². The number of carbonyl (C=O) groups excluding carboxylic acids is 1. The van der Waals surface area contributed by atoms with Crippen LogP contribution in [0.4, 0.5) is 0 Å². The van der Waals surface area contributed by atoms with E-state index >= 15 is 0 Å². The van der Waals surface area contributed by atoms with E-state index < -0.39 is 11.9 Å². The van der Waals surface area contributed by atoms with Gasteiger partial charge in [-0.25, -0.2) is 0 Å². The van der Waals surface area contributed by atoms with Gasteiger partial charge in [0.2, 0.25) is 5.91 Å². The van der Waals surface area contributed by atoms with Crippen molar-refractivity contribution in [2.24, 2.45) is 11.3 Å². The lowest BCUT2D eigenvalue weighted by molar-refractivity contribution is -0.145. The molecule has 0 aliphatic carbocycles. The molecule has 5 nitrogen and oxygen atoms in total. The summed E-state index contributed by atoms with van der Waals surface area (Å²) in [4.78, 5) is 24.8. The highest BCUT2D eigenvalue weighted by Crippen LogP contribution is 2.27. The van der Waals surface area contributed by atoms with Crippen molar-refractivity contribution in [2.45, 2.75) is 27.2 Å². The number of hydrogen-bond donors (Lipinski definition) is 2. The lowest BCUT2D eigenvalue weighted by Gasteiger charge is -2.31. The van der Waals surface area contributed by atoms with E-state index in [-0.39, 0.29) is 11.3 Å². The van der Waals surface area contributed by atoms with Crippen LogP contribution in [0, 0.1) is 11.3 Å². The van der Waals surface area contributed by atoms with Gasteiger partial charge in [0.05, 0.1) is 11.3 Å². The lowest BCUT2D eigenvalue weighted by Crippen LogP contribution is -2.46. The largest absolute Gasteiger partial charge is 0.481 e. The first-order valence-corrected chi connectivity index (χ1v) is 6.13. The number of nitrogens with zero attached hydrogens (tertiary/aromatic N) is 1. The molecule has 98 valence electrons. The van der Waals surface area contributed by atoms with E-state index in [0.717, 1.165) is 13.0 Å². The summed E-state index contributed by atoms with van der Waals surface area (Å²) in [5.41, 5.74) is -0.367. The molecule has 1 amide bonds. The first kappa shape index (κ1) is 14.0. The molecule has 0 aromatic heterocycles. The summed E-state index contributed by atoms with van der Waals surface area (Å²) in [6.45, 7) is 7.86. The molecule has 0 aromatic carbocycles. The minimum atomic E-state index is -0.856. The van der Waals surface area contributed by atoms with E-state index in [1.54, 1.807) is 11.8 Å². The second-order valence-electron chi connectivity index (χ2n) is 5.07. The van der Waals surface area contributed by atoms with E-state index in [1.165, 1.54) is 0 Å². The van der Waals surface area contributed by atoms with Crippen molar-refractivity contribution in [3.63, 3.8) is 0 Å². The number of rotatable bonds is 5. The summed E-state index contributed by atoms with van der Waals surface area (Å²) in [6, 6.07) is 0. The summed E-state index contributed by atoms with van der Waals surface area (Å²) in [5, 5.41) is 12.1. The molecule has 1 heterocycles. The molecule has 0 aromatic rings. The Bertz CT molecular complexity index is 298. The molecular formula is C12H22N2O3. The van der Waals surface area contributed by atoms with Gasteiger partial charge < -0.3 is 15.3 Å². The highest BCUT2D eigenvalue weighted by atomic mass is 16.4. The van der Waals surface area contributed by atoms with Crippen molar-refractivity contribution >= 4 is 11.9 Å². The molecular weight excluding hydrogens is 220 g/mol. The SMILES string of the molecule is CCN(CC(C)C(=O)O)C(=O)C1(C)CCNC1. The molecule has 5 heteroatoms. The molecule has 1 aliphatic heterocycles. The molecule has 1 aliphatic rings. The number of amides is 1. The summed E-state index contributed by atoms with van der Waals surface area (Å²) < 4.78 is 0. The van der Waals surface area contributed by atoms with E-state index in [9.17, 15) is 9.59 Å². The molecule has 1 fully saturated rings. The molecule has 17 heavy (non-hydrogen) atoms. The van der Waals surface area contributed by atoms with Gasteiger partial charge in [0.15, 0.2) is 0 Å². The Hall–Kier alpha value is -1.10. The van der Waals surface area contributed by atoms with E-state index in [4.69, 9.17) is 5.11 Å². The third-order valence-corrected chi connectivity index (χ3v) is 3.47. The second kappa shape index (κ2) is 5.49. The summed E-state index contributed by atoms with van der Waals surface area (Å²) in [5.74, 6) is -1.30. The summed E-state index contributed by atoms with van der Waals surface area (Å²) >= 11 is 0. The molecule has 0 saturated carbocycles. The molecule has 2 N–H and O–H groups in total. The highest BCUT2D eigenvalue weighted by Gasteiger charge is 2.39. The maximum atomic E-state index is 12.3. The van der Waals surface area contributed by atoms with Crippen LogP contribution in [0.15, 0.2) is 0 Å². The monoisotopic (exact) mass is 242 g/mol. The second-order valence-corrected chi connectivity index (χ2v) is 5.07. The first-order valence-electron chi connectivity index (χ1n) is 6.13. The molecule has 1 rings (SSSR count).